The van der Waals surface area contributed by atoms with Crippen LogP contribution in [0.25, 0.3) is 11.0 Å². The monoisotopic (exact) mass is 719 g/mol. The van der Waals surface area contributed by atoms with Crippen LogP contribution in [0.1, 0.15) is 75.1 Å². The number of unbranched alkanes of at least 4 members (excludes halogenated alkanes) is 2. The van der Waals surface area contributed by atoms with Crippen LogP contribution in [0.4, 0.5) is 5.95 Å². The maximum Gasteiger partial charge on any atom is 0.264 e. The molecule has 1 amide bonds. The van der Waals surface area contributed by atoms with Crippen molar-refractivity contribution < 1.29 is 28.8 Å². The summed E-state index contributed by atoms with van der Waals surface area (Å²) in [7, 11) is 3.24. The van der Waals surface area contributed by atoms with E-state index < -0.39 is 29.6 Å². The Kier molecular flexibility index (Phi) is 11.6. The van der Waals surface area contributed by atoms with Crippen LogP contribution in [-0.4, -0.2) is 63.8 Å². The molecule has 0 bridgehead atoms. The molecule has 3 aromatic carbocycles. The fourth-order valence-corrected chi connectivity index (χ4v) is 6.36. The number of hydrogen-bond acceptors (Lipinski definition) is 9. The minimum Gasteiger partial charge on any atom is -0.497 e. The summed E-state index contributed by atoms with van der Waals surface area (Å²) in [4.78, 5) is 33.2. The van der Waals surface area contributed by atoms with Gasteiger partial charge in [-0.2, -0.15) is 10.1 Å². The lowest BCUT2D eigenvalue weighted by molar-refractivity contribution is -0.118. The molecule has 12 nitrogen and oxygen atoms in total. The van der Waals surface area contributed by atoms with Crippen LogP contribution >= 0.6 is 0 Å². The third-order valence-corrected chi connectivity index (χ3v) is 9.30. The Labute approximate surface area is 308 Å². The number of fused-ring (bicyclic) bond motifs is 1. The van der Waals surface area contributed by atoms with Crippen molar-refractivity contribution in [1.82, 2.24) is 19.7 Å². The zero-order chi connectivity index (χ0) is 37.5. The summed E-state index contributed by atoms with van der Waals surface area (Å²) in [5.41, 5.74) is 1.34. The minimum atomic E-state index is -1.13. The molecule has 1 fully saturated rings. The second-order valence-electron chi connectivity index (χ2n) is 13.2. The highest BCUT2D eigenvalue weighted by Gasteiger charge is 2.42. The number of aromatic nitrogens is 4. The molecule has 3 N–H and O–H groups in total. The maximum atomic E-state index is 13.4. The number of methoxy groups -OCH3 is 2. The van der Waals surface area contributed by atoms with Gasteiger partial charge in [-0.15, -0.1) is 0 Å². The summed E-state index contributed by atoms with van der Waals surface area (Å²) < 4.78 is 25.9. The van der Waals surface area contributed by atoms with Crippen LogP contribution in [0.5, 0.6) is 11.5 Å². The van der Waals surface area contributed by atoms with Gasteiger partial charge in [0.1, 0.15) is 28.6 Å². The molecular weight excluding hydrogens is 674 g/mol. The summed E-state index contributed by atoms with van der Waals surface area (Å²) in [6.45, 7) is 5.54. The number of carbonyl (C=O) groups is 1. The summed E-state index contributed by atoms with van der Waals surface area (Å²) >= 11 is 0. The molecule has 6 rings (SSSR count). The first-order chi connectivity index (χ1) is 25.7. The lowest BCUT2D eigenvalue weighted by Gasteiger charge is -2.37. The van der Waals surface area contributed by atoms with Crippen molar-refractivity contribution in [3.63, 3.8) is 0 Å². The van der Waals surface area contributed by atoms with Crippen LogP contribution in [0.3, 0.4) is 0 Å². The normalized spacial score (nSPS) is 17.1. The van der Waals surface area contributed by atoms with E-state index in [1.165, 1.54) is 4.68 Å². The Hall–Kier alpha value is -5.48. The van der Waals surface area contributed by atoms with Gasteiger partial charge in [0.15, 0.2) is 17.6 Å². The number of anilines is 1. The van der Waals surface area contributed by atoms with Crippen LogP contribution in [-0.2, 0) is 19.9 Å². The topological polar surface area (TPSA) is 150 Å². The van der Waals surface area contributed by atoms with E-state index >= 15 is 0 Å². The van der Waals surface area contributed by atoms with Gasteiger partial charge < -0.3 is 24.1 Å². The second-order valence-corrected chi connectivity index (χ2v) is 13.2. The number of aliphatic hydroxyl groups is 1. The van der Waals surface area contributed by atoms with Gasteiger partial charge in [0, 0.05) is 18.8 Å². The lowest BCUT2D eigenvalue weighted by Crippen LogP contribution is -2.38. The van der Waals surface area contributed by atoms with Crippen molar-refractivity contribution >= 4 is 22.9 Å². The summed E-state index contributed by atoms with van der Waals surface area (Å²) in [6, 6.07) is 25.2. The van der Waals surface area contributed by atoms with E-state index in [4.69, 9.17) is 18.9 Å². The average molecular weight is 720 g/mol. The van der Waals surface area contributed by atoms with Gasteiger partial charge in [0.05, 0.1) is 26.9 Å². The number of nitrogens with zero attached hydrogens (tertiary/aromatic N) is 3. The third-order valence-electron chi connectivity index (χ3n) is 9.30. The highest BCUT2D eigenvalue weighted by molar-refractivity contribution is 5.91. The van der Waals surface area contributed by atoms with Gasteiger partial charge in [-0.25, -0.2) is 4.68 Å². The molecule has 0 saturated carbocycles. The average Bonchev–Trinajstić information content (AvgIpc) is 3.74. The van der Waals surface area contributed by atoms with Gasteiger partial charge in [0.2, 0.25) is 11.9 Å². The van der Waals surface area contributed by atoms with Gasteiger partial charge >= 0.3 is 0 Å². The highest BCUT2D eigenvalue weighted by Crippen LogP contribution is 2.43. The van der Waals surface area contributed by atoms with Crippen LogP contribution in [0.2, 0.25) is 0 Å². The van der Waals surface area contributed by atoms with Gasteiger partial charge in [-0.1, -0.05) is 87.7 Å². The number of nitrogens with one attached hydrogen (secondary N) is 2. The number of aliphatic hydroxyl groups excluding tert-OH is 1. The number of ether oxygens (including phenoxy) is 4. The Bertz CT molecular complexity index is 2090. The number of benzene rings is 3. The molecule has 5 aromatic rings. The zero-order valence-corrected chi connectivity index (χ0v) is 30.6. The van der Waals surface area contributed by atoms with Gasteiger partial charge in [-0.05, 0) is 53.3 Å². The van der Waals surface area contributed by atoms with Crippen molar-refractivity contribution in [2.45, 2.75) is 70.5 Å². The first-order valence-electron chi connectivity index (χ1n) is 17.8. The number of H-pyrrole nitrogens is 1. The summed E-state index contributed by atoms with van der Waals surface area (Å²) in [5, 5.41) is 19.0. The molecule has 2 aromatic heterocycles. The van der Waals surface area contributed by atoms with Gasteiger partial charge in [-0.3, -0.25) is 19.9 Å². The highest BCUT2D eigenvalue weighted by atomic mass is 16.6. The van der Waals surface area contributed by atoms with E-state index in [0.717, 1.165) is 29.5 Å². The van der Waals surface area contributed by atoms with E-state index in [0.29, 0.717) is 17.9 Å². The Morgan fingerprint density at radius 3 is 2.23 bits per heavy atom. The van der Waals surface area contributed by atoms with E-state index in [9.17, 15) is 14.7 Å². The minimum absolute atomic E-state index is 0.0158. The molecule has 276 valence electrons. The fourth-order valence-electron chi connectivity index (χ4n) is 6.36. The van der Waals surface area contributed by atoms with Crippen molar-refractivity contribution in [2.24, 2.45) is 5.92 Å². The van der Waals surface area contributed by atoms with Crippen molar-refractivity contribution in [2.75, 3.05) is 26.1 Å². The molecule has 0 unspecified atom stereocenters. The first kappa shape index (κ1) is 37.3. The molecule has 0 aliphatic carbocycles. The molecule has 1 saturated heterocycles. The van der Waals surface area contributed by atoms with Crippen molar-refractivity contribution in [3.8, 4) is 23.3 Å². The lowest BCUT2D eigenvalue weighted by atomic mass is 9.80. The SMILES string of the molecule is CCCCC#Cc1nn([C@H]2C[C@H](O)[C@@H](COC(c3ccccc3)(c3ccc(OC)cc3)c3ccc(OC)cc3)O2)c2nc(NC(=O)C(C)C)[nH]c(=O)c12. The predicted molar refractivity (Wildman–Crippen MR) is 201 cm³/mol. The number of rotatable bonds is 13. The first-order valence-corrected chi connectivity index (χ1v) is 17.8. The maximum absolute atomic E-state index is 13.4. The second kappa shape index (κ2) is 16.5. The number of carbonyl (C=O) groups excluding carboxylic acids is 1. The Morgan fingerprint density at radius 2 is 1.64 bits per heavy atom. The van der Waals surface area contributed by atoms with Crippen LogP contribution < -0.4 is 20.3 Å². The van der Waals surface area contributed by atoms with E-state index in [1.807, 2.05) is 78.9 Å². The Balaban J connectivity index is 1.37. The molecule has 1 aliphatic heterocycles. The molecular formula is C41H45N5O7. The number of aromatic amines is 1. The molecule has 0 spiro atoms. The fraction of sp³-hybridized carbons (Fsp3) is 0.366. The predicted octanol–water partition coefficient (Wildman–Crippen LogP) is 5.93. The Morgan fingerprint density at radius 1 is 1.02 bits per heavy atom. The summed E-state index contributed by atoms with van der Waals surface area (Å²) in [6.07, 6.45) is 0.0958. The summed E-state index contributed by atoms with van der Waals surface area (Å²) in [5.74, 6) is 6.87. The zero-order valence-electron chi connectivity index (χ0n) is 30.6. The largest absolute Gasteiger partial charge is 0.497 e. The van der Waals surface area contributed by atoms with Gasteiger partial charge in [0.25, 0.3) is 5.56 Å². The van der Waals surface area contributed by atoms with E-state index in [2.05, 4.69) is 39.1 Å². The van der Waals surface area contributed by atoms with Crippen LogP contribution in [0, 0.1) is 17.8 Å². The molecule has 1 aliphatic rings. The molecule has 0 radical (unpaired) electrons. The number of amides is 1. The van der Waals surface area contributed by atoms with Crippen LogP contribution in [0.15, 0.2) is 83.7 Å². The van der Waals surface area contributed by atoms with Crippen molar-refractivity contribution in [1.29, 1.82) is 0 Å². The molecule has 12 heteroatoms. The smallest absolute Gasteiger partial charge is 0.264 e. The van der Waals surface area contributed by atoms with Crippen molar-refractivity contribution in [3.05, 3.63) is 112 Å². The standard InChI is InChI=1S/C41H45N5O7/c1-6-7-8-12-15-32-36-37(42-40(44-39(36)49)43-38(48)26(2)3)46(45-32)35-24-33(47)34(53-35)25-52-41(27-13-10-9-11-14-27,28-16-20-30(50-4)21-17-28)29-18-22-31(51-5)23-19-29/h9-11,13-14,16-23,26,33-35,47H,6-8,24-25H2,1-5H3,(H2,42,43,44,48,49)/t33-,34+,35+/m0/s1. The third kappa shape index (κ3) is 7.83. The van der Waals surface area contributed by atoms with E-state index in [1.54, 1.807) is 28.1 Å². The molecule has 3 heterocycles. The molecule has 53 heavy (non-hydrogen) atoms. The quantitative estimate of drug-likeness (QED) is 0.0765. The van der Waals surface area contributed by atoms with E-state index in [-0.39, 0.29) is 47.5 Å². The number of hydrogen-bond donors (Lipinski definition) is 3. The molecule has 3 atom stereocenters.